The third-order valence-corrected chi connectivity index (χ3v) is 2.53. The summed E-state index contributed by atoms with van der Waals surface area (Å²) in [7, 11) is 0. The van der Waals surface area contributed by atoms with Gasteiger partial charge in [0.2, 0.25) is 5.88 Å². The molecule has 0 aliphatic rings. The van der Waals surface area contributed by atoms with Crippen molar-refractivity contribution in [1.29, 1.82) is 0 Å². The molecule has 0 atom stereocenters. The number of hydrogen-bond acceptors (Lipinski definition) is 5. The van der Waals surface area contributed by atoms with Crippen molar-refractivity contribution < 1.29 is 4.74 Å². The number of benzene rings is 1. The number of halogens is 1. The van der Waals surface area contributed by atoms with Crippen LogP contribution in [0.25, 0.3) is 0 Å². The van der Waals surface area contributed by atoms with Crippen LogP contribution >= 0.6 is 15.9 Å². The number of nitrogens with zero attached hydrogens (tertiary/aromatic N) is 2. The minimum atomic E-state index is 0.452. The van der Waals surface area contributed by atoms with E-state index in [1.54, 1.807) is 13.0 Å². The molecule has 0 spiro atoms. The fraction of sp³-hybridized carbons (Fsp3) is 0.0909. The third-order valence-electron chi connectivity index (χ3n) is 2.00. The number of aromatic nitrogens is 2. The Labute approximate surface area is 107 Å². The Morgan fingerprint density at radius 1 is 1.24 bits per heavy atom. The van der Waals surface area contributed by atoms with Crippen LogP contribution in [0.3, 0.4) is 0 Å². The lowest BCUT2D eigenvalue weighted by atomic mass is 10.3. The maximum absolute atomic E-state index is 5.59. The van der Waals surface area contributed by atoms with Gasteiger partial charge in [-0.25, -0.2) is 10.8 Å². The van der Waals surface area contributed by atoms with E-state index in [4.69, 9.17) is 10.6 Å². The van der Waals surface area contributed by atoms with Crippen molar-refractivity contribution in [2.24, 2.45) is 5.84 Å². The smallest absolute Gasteiger partial charge is 0.224 e. The second kappa shape index (κ2) is 5.11. The highest BCUT2D eigenvalue weighted by molar-refractivity contribution is 9.10. The zero-order valence-corrected chi connectivity index (χ0v) is 10.7. The van der Waals surface area contributed by atoms with E-state index >= 15 is 0 Å². The van der Waals surface area contributed by atoms with Gasteiger partial charge in [-0.3, -0.25) is 0 Å². The molecule has 6 heteroatoms. The molecule has 0 fully saturated rings. The largest absolute Gasteiger partial charge is 0.439 e. The van der Waals surface area contributed by atoms with E-state index in [0.717, 1.165) is 4.47 Å². The minimum absolute atomic E-state index is 0.452. The summed E-state index contributed by atoms with van der Waals surface area (Å²) in [5.41, 5.74) is 2.46. The summed E-state index contributed by atoms with van der Waals surface area (Å²) in [6.45, 7) is 1.77. The highest BCUT2D eigenvalue weighted by atomic mass is 79.9. The number of rotatable bonds is 3. The highest BCUT2D eigenvalue weighted by Crippen LogP contribution is 2.23. The first-order valence-corrected chi connectivity index (χ1v) is 5.72. The first-order valence-electron chi connectivity index (χ1n) is 4.93. The molecule has 0 aliphatic heterocycles. The van der Waals surface area contributed by atoms with Gasteiger partial charge in [0.1, 0.15) is 17.4 Å². The van der Waals surface area contributed by atoms with Gasteiger partial charge in [0.05, 0.1) is 0 Å². The Kier molecular flexibility index (Phi) is 3.55. The van der Waals surface area contributed by atoms with Gasteiger partial charge in [0.15, 0.2) is 0 Å². The highest BCUT2D eigenvalue weighted by Gasteiger charge is 2.03. The Bertz CT molecular complexity index is 515. The van der Waals surface area contributed by atoms with Crippen molar-refractivity contribution in [2.45, 2.75) is 6.92 Å². The van der Waals surface area contributed by atoms with E-state index in [2.05, 4.69) is 31.3 Å². The van der Waals surface area contributed by atoms with Crippen molar-refractivity contribution in [1.82, 2.24) is 9.97 Å². The first-order chi connectivity index (χ1) is 8.17. The van der Waals surface area contributed by atoms with Gasteiger partial charge in [0, 0.05) is 10.5 Å². The number of nitrogen functional groups attached to an aromatic ring is 1. The van der Waals surface area contributed by atoms with E-state index in [1.165, 1.54) is 0 Å². The second-order valence-corrected chi connectivity index (χ2v) is 4.25. The number of ether oxygens (including phenoxy) is 1. The maximum Gasteiger partial charge on any atom is 0.224 e. The summed E-state index contributed by atoms with van der Waals surface area (Å²) in [6.07, 6.45) is 0. The maximum atomic E-state index is 5.59. The van der Waals surface area contributed by atoms with Crippen LogP contribution in [-0.4, -0.2) is 9.97 Å². The van der Waals surface area contributed by atoms with Gasteiger partial charge in [0.25, 0.3) is 0 Å². The number of hydrazine groups is 1. The molecule has 0 saturated carbocycles. The summed E-state index contributed by atoms with van der Waals surface area (Å²) < 4.78 is 6.58. The topological polar surface area (TPSA) is 73.1 Å². The molecule has 0 unspecified atom stereocenters. The summed E-state index contributed by atoms with van der Waals surface area (Å²) in [5.74, 6) is 7.56. The lowest BCUT2D eigenvalue weighted by Crippen LogP contribution is -2.09. The molecule has 0 aliphatic carbocycles. The van der Waals surface area contributed by atoms with Gasteiger partial charge in [-0.1, -0.05) is 15.9 Å². The molecule has 0 saturated heterocycles. The number of hydrogen-bond donors (Lipinski definition) is 2. The van der Waals surface area contributed by atoms with Crippen LogP contribution in [0, 0.1) is 6.92 Å². The summed E-state index contributed by atoms with van der Waals surface area (Å²) in [6, 6.07) is 9.11. The van der Waals surface area contributed by atoms with Gasteiger partial charge >= 0.3 is 0 Å². The summed E-state index contributed by atoms with van der Waals surface area (Å²) in [5, 5.41) is 0. The van der Waals surface area contributed by atoms with Crippen LogP contribution in [0.15, 0.2) is 34.8 Å². The average molecular weight is 295 g/mol. The number of anilines is 1. The molecule has 3 N–H and O–H groups in total. The molecule has 2 aromatic rings. The van der Waals surface area contributed by atoms with Crippen molar-refractivity contribution in [3.05, 3.63) is 40.6 Å². The predicted molar refractivity (Wildman–Crippen MR) is 68.8 cm³/mol. The van der Waals surface area contributed by atoms with E-state index in [-0.39, 0.29) is 0 Å². The average Bonchev–Trinajstić information content (AvgIpc) is 2.31. The van der Waals surface area contributed by atoms with Crippen LogP contribution in [0.2, 0.25) is 0 Å². The van der Waals surface area contributed by atoms with E-state index in [0.29, 0.717) is 23.3 Å². The molecular weight excluding hydrogens is 284 g/mol. The Balaban J connectivity index is 2.23. The van der Waals surface area contributed by atoms with E-state index in [1.807, 2.05) is 24.3 Å². The molecule has 88 valence electrons. The SMILES string of the molecule is Cc1nc(NN)cc(Oc2ccc(Br)cc2)n1. The first kappa shape index (κ1) is 11.8. The molecule has 2 rings (SSSR count). The van der Waals surface area contributed by atoms with Crippen LogP contribution < -0.4 is 16.0 Å². The van der Waals surface area contributed by atoms with Gasteiger partial charge in [-0.15, -0.1) is 0 Å². The van der Waals surface area contributed by atoms with Gasteiger partial charge in [-0.2, -0.15) is 4.98 Å². The Morgan fingerprint density at radius 2 is 1.94 bits per heavy atom. The summed E-state index contributed by atoms with van der Waals surface area (Å²) >= 11 is 3.36. The van der Waals surface area contributed by atoms with Crippen molar-refractivity contribution in [3.8, 4) is 11.6 Å². The molecule has 0 amide bonds. The molecule has 17 heavy (non-hydrogen) atoms. The number of nitrogens with one attached hydrogen (secondary N) is 1. The molecule has 0 bridgehead atoms. The Morgan fingerprint density at radius 3 is 2.59 bits per heavy atom. The van der Waals surface area contributed by atoms with E-state index < -0.39 is 0 Å². The Hall–Kier alpha value is -1.66. The van der Waals surface area contributed by atoms with Gasteiger partial charge in [-0.05, 0) is 31.2 Å². The van der Waals surface area contributed by atoms with Crippen molar-refractivity contribution >= 4 is 21.7 Å². The van der Waals surface area contributed by atoms with Crippen molar-refractivity contribution in [2.75, 3.05) is 5.43 Å². The van der Waals surface area contributed by atoms with Crippen LogP contribution in [0.1, 0.15) is 5.82 Å². The monoisotopic (exact) mass is 294 g/mol. The molecule has 1 heterocycles. The molecule has 0 radical (unpaired) electrons. The normalized spacial score (nSPS) is 10.1. The van der Waals surface area contributed by atoms with Gasteiger partial charge < -0.3 is 10.2 Å². The lowest BCUT2D eigenvalue weighted by Gasteiger charge is -2.07. The quantitative estimate of drug-likeness (QED) is 0.672. The molecule has 1 aromatic heterocycles. The fourth-order valence-electron chi connectivity index (χ4n) is 1.29. The third kappa shape index (κ3) is 3.15. The zero-order chi connectivity index (χ0) is 12.3. The van der Waals surface area contributed by atoms with E-state index in [9.17, 15) is 0 Å². The lowest BCUT2D eigenvalue weighted by molar-refractivity contribution is 0.460. The van der Waals surface area contributed by atoms with Crippen LogP contribution in [0.4, 0.5) is 5.82 Å². The zero-order valence-electron chi connectivity index (χ0n) is 9.14. The standard InChI is InChI=1S/C11H11BrN4O/c1-7-14-10(16-13)6-11(15-7)17-9-4-2-8(12)3-5-9/h2-6H,13H2,1H3,(H,14,15,16). The fourth-order valence-corrected chi connectivity index (χ4v) is 1.55. The van der Waals surface area contributed by atoms with Crippen LogP contribution in [-0.2, 0) is 0 Å². The molecular formula is C11H11BrN4O. The number of aryl methyl sites for hydroxylation is 1. The second-order valence-electron chi connectivity index (χ2n) is 3.34. The van der Waals surface area contributed by atoms with Crippen molar-refractivity contribution in [3.63, 3.8) is 0 Å². The minimum Gasteiger partial charge on any atom is -0.439 e. The number of nitrogens with two attached hydrogens (primary N) is 1. The van der Waals surface area contributed by atoms with Crippen LogP contribution in [0.5, 0.6) is 11.6 Å². The summed E-state index contributed by atoms with van der Waals surface area (Å²) in [4.78, 5) is 8.23. The molecule has 5 nitrogen and oxygen atoms in total. The molecule has 1 aromatic carbocycles. The predicted octanol–water partition coefficient (Wildman–Crippen LogP) is 2.63.